The van der Waals surface area contributed by atoms with Crippen molar-refractivity contribution in [1.82, 2.24) is 4.72 Å². The Labute approximate surface area is 110 Å². The molecular formula is C11H14BrNO3S. The van der Waals surface area contributed by atoms with Gasteiger partial charge in [-0.25, -0.2) is 13.1 Å². The number of ketones is 1. The van der Waals surface area contributed by atoms with E-state index in [-0.39, 0.29) is 23.1 Å². The minimum atomic E-state index is -3.61. The van der Waals surface area contributed by atoms with Crippen molar-refractivity contribution in [3.63, 3.8) is 0 Å². The summed E-state index contributed by atoms with van der Waals surface area (Å²) in [7, 11) is -3.61. The average molecular weight is 320 g/mol. The minimum absolute atomic E-state index is 0.136. The lowest BCUT2D eigenvalue weighted by molar-refractivity contribution is -0.120. The fraction of sp³-hybridized carbons (Fsp3) is 0.364. The summed E-state index contributed by atoms with van der Waals surface area (Å²) in [6.45, 7) is 3.29. The fourth-order valence-electron chi connectivity index (χ4n) is 1.09. The molecule has 17 heavy (non-hydrogen) atoms. The van der Waals surface area contributed by atoms with Gasteiger partial charge < -0.3 is 0 Å². The maximum Gasteiger partial charge on any atom is 0.241 e. The molecule has 1 rings (SSSR count). The van der Waals surface area contributed by atoms with Gasteiger partial charge >= 0.3 is 0 Å². The van der Waals surface area contributed by atoms with Crippen LogP contribution in [0.4, 0.5) is 0 Å². The number of hydrogen-bond acceptors (Lipinski definition) is 3. The average Bonchev–Trinajstić information content (AvgIpc) is 2.26. The van der Waals surface area contributed by atoms with Crippen molar-refractivity contribution >= 4 is 31.7 Å². The third kappa shape index (κ3) is 4.22. The van der Waals surface area contributed by atoms with Crippen LogP contribution in [0.5, 0.6) is 0 Å². The number of hydrogen-bond donors (Lipinski definition) is 1. The highest BCUT2D eigenvalue weighted by atomic mass is 79.9. The van der Waals surface area contributed by atoms with E-state index in [1.807, 2.05) is 0 Å². The van der Waals surface area contributed by atoms with E-state index < -0.39 is 10.0 Å². The molecule has 0 fully saturated rings. The largest absolute Gasteiger partial charge is 0.298 e. The molecule has 1 aromatic rings. The Morgan fingerprint density at radius 2 is 2.06 bits per heavy atom. The number of Topliss-reactive ketones (excluding diaryl/α,β-unsaturated/α-hetero) is 1. The first-order valence-corrected chi connectivity index (χ1v) is 7.38. The zero-order valence-corrected chi connectivity index (χ0v) is 12.0. The van der Waals surface area contributed by atoms with E-state index in [1.54, 1.807) is 26.0 Å². The quantitative estimate of drug-likeness (QED) is 0.902. The van der Waals surface area contributed by atoms with E-state index >= 15 is 0 Å². The molecule has 0 aromatic heterocycles. The normalized spacial score (nSPS) is 11.8. The van der Waals surface area contributed by atoms with Crippen LogP contribution < -0.4 is 4.72 Å². The first kappa shape index (κ1) is 14.3. The predicted molar refractivity (Wildman–Crippen MR) is 69.2 cm³/mol. The summed E-state index contributed by atoms with van der Waals surface area (Å²) in [5.74, 6) is -0.316. The Balaban J connectivity index is 2.80. The molecule has 0 aliphatic heterocycles. The highest BCUT2D eigenvalue weighted by Crippen LogP contribution is 2.15. The molecule has 0 aliphatic carbocycles. The monoisotopic (exact) mass is 319 g/mol. The van der Waals surface area contributed by atoms with Crippen molar-refractivity contribution in [2.75, 3.05) is 6.54 Å². The number of carbonyl (C=O) groups is 1. The van der Waals surface area contributed by atoms with Crippen LogP contribution in [0.25, 0.3) is 0 Å². The van der Waals surface area contributed by atoms with E-state index in [2.05, 4.69) is 20.7 Å². The van der Waals surface area contributed by atoms with Gasteiger partial charge in [-0.05, 0) is 18.2 Å². The van der Waals surface area contributed by atoms with Crippen LogP contribution in [-0.4, -0.2) is 20.7 Å². The highest BCUT2D eigenvalue weighted by Gasteiger charge is 2.16. The highest BCUT2D eigenvalue weighted by molar-refractivity contribution is 9.10. The first-order valence-electron chi connectivity index (χ1n) is 5.11. The van der Waals surface area contributed by atoms with E-state index in [1.165, 1.54) is 12.1 Å². The Morgan fingerprint density at radius 1 is 1.41 bits per heavy atom. The van der Waals surface area contributed by atoms with Crippen LogP contribution in [0, 0.1) is 5.92 Å². The maximum atomic E-state index is 11.8. The SMILES string of the molecule is CC(C)C(=O)CNS(=O)(=O)c1cccc(Br)c1. The summed E-state index contributed by atoms with van der Waals surface area (Å²) in [4.78, 5) is 11.5. The second-order valence-electron chi connectivity index (χ2n) is 3.90. The molecule has 0 heterocycles. The van der Waals surface area contributed by atoms with E-state index in [0.717, 1.165) is 0 Å². The Morgan fingerprint density at radius 3 is 2.59 bits per heavy atom. The smallest absolute Gasteiger partial charge is 0.241 e. The molecule has 0 unspecified atom stereocenters. The van der Waals surface area contributed by atoms with Gasteiger partial charge in [-0.3, -0.25) is 4.79 Å². The molecule has 1 N–H and O–H groups in total. The third-order valence-corrected chi connectivity index (χ3v) is 4.08. The van der Waals surface area contributed by atoms with Crippen molar-refractivity contribution in [3.8, 4) is 0 Å². The van der Waals surface area contributed by atoms with Crippen LogP contribution in [0.3, 0.4) is 0 Å². The molecule has 6 heteroatoms. The van der Waals surface area contributed by atoms with Gasteiger partial charge in [0, 0.05) is 10.4 Å². The Hall–Kier alpha value is -0.720. The second-order valence-corrected chi connectivity index (χ2v) is 6.59. The van der Waals surface area contributed by atoms with Gasteiger partial charge in [-0.2, -0.15) is 0 Å². The van der Waals surface area contributed by atoms with Crippen LogP contribution in [0.15, 0.2) is 33.6 Å². The summed E-state index contributed by atoms with van der Waals surface area (Å²) < 4.78 is 26.6. The zero-order valence-electron chi connectivity index (χ0n) is 9.60. The zero-order chi connectivity index (χ0) is 13.1. The molecule has 1 aromatic carbocycles. The number of carbonyl (C=O) groups excluding carboxylic acids is 1. The maximum absolute atomic E-state index is 11.8. The number of halogens is 1. The number of sulfonamides is 1. The van der Waals surface area contributed by atoms with Crippen LogP contribution >= 0.6 is 15.9 Å². The molecule has 0 bridgehead atoms. The summed E-state index contributed by atoms with van der Waals surface area (Å²) >= 11 is 3.20. The minimum Gasteiger partial charge on any atom is -0.298 e. The van der Waals surface area contributed by atoms with Gasteiger partial charge in [-0.1, -0.05) is 35.8 Å². The fourth-order valence-corrected chi connectivity index (χ4v) is 2.68. The number of nitrogens with one attached hydrogen (secondary N) is 1. The standard InChI is InChI=1S/C11H14BrNO3S/c1-8(2)11(14)7-13-17(15,16)10-5-3-4-9(12)6-10/h3-6,8,13H,7H2,1-2H3. The van der Waals surface area contributed by atoms with Gasteiger partial charge in [-0.15, -0.1) is 0 Å². The summed E-state index contributed by atoms with van der Waals surface area (Å²) in [5, 5.41) is 0. The van der Waals surface area contributed by atoms with Crippen molar-refractivity contribution < 1.29 is 13.2 Å². The molecule has 94 valence electrons. The van der Waals surface area contributed by atoms with E-state index in [9.17, 15) is 13.2 Å². The van der Waals surface area contributed by atoms with Gasteiger partial charge in [0.05, 0.1) is 11.4 Å². The molecule has 0 saturated heterocycles. The molecule has 0 spiro atoms. The van der Waals surface area contributed by atoms with Gasteiger partial charge in [0.1, 0.15) is 5.78 Å². The van der Waals surface area contributed by atoms with Crippen molar-refractivity contribution in [2.24, 2.45) is 5.92 Å². The summed E-state index contributed by atoms with van der Waals surface area (Å²) in [5.41, 5.74) is 0. The molecule has 0 aliphatic rings. The van der Waals surface area contributed by atoms with Crippen molar-refractivity contribution in [2.45, 2.75) is 18.7 Å². The van der Waals surface area contributed by atoms with Crippen molar-refractivity contribution in [1.29, 1.82) is 0 Å². The molecule has 0 radical (unpaired) electrons. The molecule has 0 saturated carbocycles. The van der Waals surface area contributed by atoms with Crippen LogP contribution in [0.2, 0.25) is 0 Å². The van der Waals surface area contributed by atoms with Gasteiger partial charge in [0.15, 0.2) is 0 Å². The summed E-state index contributed by atoms with van der Waals surface area (Å²) in [6, 6.07) is 6.33. The predicted octanol–water partition coefficient (Wildman–Crippen LogP) is 1.95. The molecule has 0 atom stereocenters. The summed E-state index contributed by atoms with van der Waals surface area (Å²) in [6.07, 6.45) is 0. The van der Waals surface area contributed by atoms with Gasteiger partial charge in [0.25, 0.3) is 0 Å². The number of benzene rings is 1. The second kappa shape index (κ2) is 5.75. The van der Waals surface area contributed by atoms with E-state index in [4.69, 9.17) is 0 Å². The molecule has 0 amide bonds. The molecular weight excluding hydrogens is 306 g/mol. The Kier molecular flexibility index (Phi) is 4.85. The van der Waals surface area contributed by atoms with Crippen LogP contribution in [-0.2, 0) is 14.8 Å². The van der Waals surface area contributed by atoms with Crippen molar-refractivity contribution in [3.05, 3.63) is 28.7 Å². The van der Waals surface area contributed by atoms with Gasteiger partial charge in [0.2, 0.25) is 10.0 Å². The molecule has 4 nitrogen and oxygen atoms in total. The van der Waals surface area contributed by atoms with Crippen LogP contribution in [0.1, 0.15) is 13.8 Å². The third-order valence-electron chi connectivity index (χ3n) is 2.19. The number of rotatable bonds is 5. The first-order chi connectivity index (χ1) is 7.83. The Bertz CT molecular complexity index is 511. The lowest BCUT2D eigenvalue weighted by atomic mass is 10.1. The lowest BCUT2D eigenvalue weighted by Gasteiger charge is -2.08. The topological polar surface area (TPSA) is 63.2 Å². The van der Waals surface area contributed by atoms with E-state index in [0.29, 0.717) is 4.47 Å². The lowest BCUT2D eigenvalue weighted by Crippen LogP contribution is -2.31.